The second-order valence-corrected chi connectivity index (χ2v) is 3.16. The average molecular weight is 201 g/mol. The quantitative estimate of drug-likeness (QED) is 0.647. The molecule has 15 heavy (non-hydrogen) atoms. The molecule has 0 bridgehead atoms. The number of benzene rings is 1. The van der Waals surface area contributed by atoms with Crippen molar-refractivity contribution < 1.29 is 4.42 Å². The smallest absolute Gasteiger partial charge is 0.204 e. The molecule has 0 radical (unpaired) electrons. The molecule has 0 aliphatic carbocycles. The van der Waals surface area contributed by atoms with Gasteiger partial charge in [0.05, 0.1) is 0 Å². The van der Waals surface area contributed by atoms with Crippen LogP contribution in [0.4, 0.5) is 0 Å². The van der Waals surface area contributed by atoms with Gasteiger partial charge in [0, 0.05) is 11.5 Å². The van der Waals surface area contributed by atoms with Gasteiger partial charge in [0.1, 0.15) is 11.7 Å². The van der Waals surface area contributed by atoms with Crippen molar-refractivity contribution in [2.45, 2.75) is 27.7 Å². The molecule has 2 nitrogen and oxygen atoms in total. The molecule has 2 heteroatoms. The molecule has 2 aromatic rings. The lowest BCUT2D eigenvalue weighted by molar-refractivity contribution is 0.597. The molecule has 0 atom stereocenters. The first kappa shape index (κ1) is 11.3. The van der Waals surface area contributed by atoms with Gasteiger partial charge in [0.25, 0.3) is 0 Å². The second kappa shape index (κ2) is 4.65. The normalized spacial score (nSPS) is 9.27. The van der Waals surface area contributed by atoms with E-state index in [2.05, 4.69) is 0 Å². The summed E-state index contributed by atoms with van der Waals surface area (Å²) in [6.07, 6.45) is 0. The Hall–Kier alpha value is -1.75. The Morgan fingerprint density at radius 2 is 1.73 bits per heavy atom. The Kier molecular flexibility index (Phi) is 3.51. The number of hydrogen-bond acceptors (Lipinski definition) is 2. The molecule has 78 valence electrons. The number of hydrogen-bond donors (Lipinski definition) is 0. The summed E-state index contributed by atoms with van der Waals surface area (Å²) < 4.78 is 5.37. The fourth-order valence-electron chi connectivity index (χ4n) is 1.45. The number of nitrogens with zero attached hydrogens (tertiary/aromatic N) is 1. The summed E-state index contributed by atoms with van der Waals surface area (Å²) in [4.78, 5) is 0. The summed E-state index contributed by atoms with van der Waals surface area (Å²) in [6.45, 7) is 7.99. The topological polar surface area (TPSA) is 36.9 Å². The first-order valence-corrected chi connectivity index (χ1v) is 5.12. The summed E-state index contributed by atoms with van der Waals surface area (Å²) in [5, 5.41) is 9.72. The van der Waals surface area contributed by atoms with Crippen LogP contribution in [-0.2, 0) is 0 Å². The second-order valence-electron chi connectivity index (χ2n) is 3.16. The van der Waals surface area contributed by atoms with Crippen molar-refractivity contribution in [1.82, 2.24) is 0 Å². The molecule has 0 saturated carbocycles. The fraction of sp³-hybridized carbons (Fsp3) is 0.308. The van der Waals surface area contributed by atoms with Crippen LogP contribution in [0.25, 0.3) is 11.0 Å². The molecule has 0 aliphatic rings. The van der Waals surface area contributed by atoms with Gasteiger partial charge in [0.2, 0.25) is 5.76 Å². The van der Waals surface area contributed by atoms with Crippen LogP contribution in [-0.4, -0.2) is 0 Å². The predicted molar refractivity (Wildman–Crippen MR) is 61.8 cm³/mol. The Balaban J connectivity index is 0.000000531. The highest BCUT2D eigenvalue weighted by molar-refractivity contribution is 5.84. The summed E-state index contributed by atoms with van der Waals surface area (Å²) in [7, 11) is 0. The van der Waals surface area contributed by atoms with E-state index >= 15 is 0 Å². The number of furan rings is 1. The third-order valence-corrected chi connectivity index (χ3v) is 2.21. The minimum absolute atomic E-state index is 0.382. The Morgan fingerprint density at radius 1 is 1.13 bits per heavy atom. The van der Waals surface area contributed by atoms with E-state index < -0.39 is 0 Å². The lowest BCUT2D eigenvalue weighted by Crippen LogP contribution is -1.76. The number of nitriles is 1. The van der Waals surface area contributed by atoms with Gasteiger partial charge in [0.15, 0.2) is 0 Å². The summed E-state index contributed by atoms with van der Waals surface area (Å²) in [5.74, 6) is 0.382. The van der Waals surface area contributed by atoms with E-state index in [-0.39, 0.29) is 0 Å². The molecular formula is C13H15NO. The fourth-order valence-corrected chi connectivity index (χ4v) is 1.45. The molecule has 1 aromatic heterocycles. The highest BCUT2D eigenvalue weighted by atomic mass is 16.3. The zero-order chi connectivity index (χ0) is 11.4. The van der Waals surface area contributed by atoms with E-state index in [9.17, 15) is 0 Å². The SMILES string of the molecule is CC.Cc1ccc(C)c2oc(C#N)cc12. The summed E-state index contributed by atoms with van der Waals surface area (Å²) in [6, 6.07) is 7.83. The Morgan fingerprint density at radius 3 is 2.27 bits per heavy atom. The van der Waals surface area contributed by atoms with Gasteiger partial charge in [-0.3, -0.25) is 0 Å². The van der Waals surface area contributed by atoms with Gasteiger partial charge in [-0.15, -0.1) is 0 Å². The van der Waals surface area contributed by atoms with Crippen LogP contribution in [0, 0.1) is 25.2 Å². The maximum Gasteiger partial charge on any atom is 0.204 e. The molecule has 0 N–H and O–H groups in total. The molecule has 0 saturated heterocycles. The van der Waals surface area contributed by atoms with E-state index in [0.29, 0.717) is 5.76 Å². The van der Waals surface area contributed by atoms with Crippen LogP contribution >= 0.6 is 0 Å². The predicted octanol–water partition coefficient (Wildman–Crippen LogP) is 3.95. The minimum atomic E-state index is 0.382. The van der Waals surface area contributed by atoms with Crippen molar-refractivity contribution in [3.63, 3.8) is 0 Å². The van der Waals surface area contributed by atoms with Crippen molar-refractivity contribution in [3.05, 3.63) is 35.1 Å². The van der Waals surface area contributed by atoms with E-state index in [1.165, 1.54) is 0 Å². The molecule has 0 aliphatic heterocycles. The van der Waals surface area contributed by atoms with Crippen LogP contribution in [0.2, 0.25) is 0 Å². The van der Waals surface area contributed by atoms with Crippen molar-refractivity contribution >= 4 is 11.0 Å². The molecule has 1 aromatic carbocycles. The molecule has 0 unspecified atom stereocenters. The zero-order valence-electron chi connectivity index (χ0n) is 9.59. The maximum atomic E-state index is 8.68. The minimum Gasteiger partial charge on any atom is -0.445 e. The molecule has 0 spiro atoms. The van der Waals surface area contributed by atoms with Gasteiger partial charge >= 0.3 is 0 Å². The van der Waals surface area contributed by atoms with Crippen molar-refractivity contribution in [2.75, 3.05) is 0 Å². The molecule has 2 rings (SSSR count). The highest BCUT2D eigenvalue weighted by Crippen LogP contribution is 2.25. The zero-order valence-corrected chi connectivity index (χ0v) is 9.59. The van der Waals surface area contributed by atoms with Gasteiger partial charge in [-0.25, -0.2) is 0 Å². The van der Waals surface area contributed by atoms with E-state index in [1.807, 2.05) is 45.9 Å². The number of aryl methyl sites for hydroxylation is 2. The van der Waals surface area contributed by atoms with Crippen LogP contribution in [0.1, 0.15) is 30.7 Å². The third kappa shape index (κ3) is 2.02. The first-order valence-electron chi connectivity index (χ1n) is 5.12. The van der Waals surface area contributed by atoms with Gasteiger partial charge in [-0.1, -0.05) is 26.0 Å². The van der Waals surface area contributed by atoms with Gasteiger partial charge in [-0.2, -0.15) is 5.26 Å². The summed E-state index contributed by atoms with van der Waals surface area (Å²) in [5.41, 5.74) is 3.05. The Labute approximate surface area is 90.1 Å². The van der Waals surface area contributed by atoms with Crippen molar-refractivity contribution in [2.24, 2.45) is 0 Å². The lowest BCUT2D eigenvalue weighted by Gasteiger charge is -1.96. The number of rotatable bonds is 0. The molecule has 0 amide bonds. The average Bonchev–Trinajstić information content (AvgIpc) is 2.72. The molecule has 1 heterocycles. The van der Waals surface area contributed by atoms with Crippen LogP contribution in [0.15, 0.2) is 22.6 Å². The highest BCUT2D eigenvalue weighted by Gasteiger charge is 2.06. The van der Waals surface area contributed by atoms with Gasteiger partial charge in [-0.05, 0) is 25.0 Å². The largest absolute Gasteiger partial charge is 0.445 e. The van der Waals surface area contributed by atoms with E-state index in [0.717, 1.165) is 22.1 Å². The van der Waals surface area contributed by atoms with Crippen molar-refractivity contribution in [1.29, 1.82) is 5.26 Å². The lowest BCUT2D eigenvalue weighted by atomic mass is 10.1. The van der Waals surface area contributed by atoms with Gasteiger partial charge < -0.3 is 4.42 Å². The van der Waals surface area contributed by atoms with Crippen LogP contribution in [0.3, 0.4) is 0 Å². The monoisotopic (exact) mass is 201 g/mol. The number of fused-ring (bicyclic) bond motifs is 1. The van der Waals surface area contributed by atoms with E-state index in [1.54, 1.807) is 6.07 Å². The molecule has 0 fully saturated rings. The molecular weight excluding hydrogens is 186 g/mol. The van der Waals surface area contributed by atoms with Crippen LogP contribution in [0.5, 0.6) is 0 Å². The maximum absolute atomic E-state index is 8.68. The summed E-state index contributed by atoms with van der Waals surface area (Å²) >= 11 is 0. The Bertz CT molecular complexity index is 464. The third-order valence-electron chi connectivity index (χ3n) is 2.21. The van der Waals surface area contributed by atoms with Crippen molar-refractivity contribution in [3.8, 4) is 6.07 Å². The van der Waals surface area contributed by atoms with E-state index in [4.69, 9.17) is 9.68 Å². The first-order chi connectivity index (χ1) is 7.22. The standard InChI is InChI=1S/C11H9NO.C2H6/c1-7-3-4-8(2)11-10(7)5-9(6-12)13-11;1-2/h3-5H,1-2H3;1-2H3. The van der Waals surface area contributed by atoms with Crippen LogP contribution < -0.4 is 0 Å².